The molecular formula is C11H22N2O3. The van der Waals surface area contributed by atoms with Crippen molar-refractivity contribution in [1.29, 1.82) is 0 Å². The van der Waals surface area contributed by atoms with Crippen molar-refractivity contribution in [2.24, 2.45) is 0 Å². The highest BCUT2D eigenvalue weighted by molar-refractivity contribution is 5.68. The second-order valence-corrected chi connectivity index (χ2v) is 4.71. The maximum Gasteiger partial charge on any atom is 0.305 e. The number of piperidine rings is 1. The molecule has 16 heavy (non-hydrogen) atoms. The van der Waals surface area contributed by atoms with Crippen LogP contribution in [0.1, 0.15) is 32.6 Å². The average Bonchev–Trinajstić information content (AvgIpc) is 2.28. The van der Waals surface area contributed by atoms with E-state index in [0.29, 0.717) is 0 Å². The van der Waals surface area contributed by atoms with Crippen molar-refractivity contribution in [3.63, 3.8) is 0 Å². The number of aliphatic carboxylic acids is 1. The van der Waals surface area contributed by atoms with Gasteiger partial charge >= 0.3 is 5.97 Å². The minimum Gasteiger partial charge on any atom is -0.481 e. The molecule has 1 heterocycles. The third kappa shape index (κ3) is 3.17. The summed E-state index contributed by atoms with van der Waals surface area (Å²) in [4.78, 5) is 12.8. The number of nitrogens with one attached hydrogen (secondary N) is 1. The molecular weight excluding hydrogens is 208 g/mol. The number of aliphatic hydroxyl groups is 1. The Kier molecular flexibility index (Phi) is 4.70. The molecule has 0 aromatic heterocycles. The predicted molar refractivity (Wildman–Crippen MR) is 61.1 cm³/mol. The highest BCUT2D eigenvalue weighted by Crippen LogP contribution is 2.21. The van der Waals surface area contributed by atoms with Gasteiger partial charge in [-0.3, -0.25) is 9.69 Å². The van der Waals surface area contributed by atoms with Gasteiger partial charge in [0.2, 0.25) is 0 Å². The number of aliphatic hydroxyl groups excluding tert-OH is 1. The Labute approximate surface area is 96.4 Å². The van der Waals surface area contributed by atoms with Gasteiger partial charge in [-0.1, -0.05) is 6.42 Å². The van der Waals surface area contributed by atoms with Gasteiger partial charge in [0.1, 0.15) is 6.23 Å². The topological polar surface area (TPSA) is 72.8 Å². The average molecular weight is 230 g/mol. The summed E-state index contributed by atoms with van der Waals surface area (Å²) in [5.41, 5.74) is -0.789. The summed E-state index contributed by atoms with van der Waals surface area (Å²) in [6.07, 6.45) is 2.52. The minimum absolute atomic E-state index is 0.0822. The lowest BCUT2D eigenvalue weighted by atomic mass is 9.93. The largest absolute Gasteiger partial charge is 0.481 e. The second-order valence-electron chi connectivity index (χ2n) is 4.71. The summed E-state index contributed by atoms with van der Waals surface area (Å²) >= 11 is 0. The molecule has 0 spiro atoms. The number of hydrogen-bond donors (Lipinski definition) is 3. The first-order valence-electron chi connectivity index (χ1n) is 5.82. The number of rotatable bonds is 5. The molecule has 2 atom stereocenters. The molecule has 1 aliphatic heterocycles. The van der Waals surface area contributed by atoms with Crippen LogP contribution in [0.4, 0.5) is 0 Å². The summed E-state index contributed by atoms with van der Waals surface area (Å²) in [6.45, 7) is 3.44. The number of carboxylic acids is 1. The smallest absolute Gasteiger partial charge is 0.305 e. The van der Waals surface area contributed by atoms with Crippen LogP contribution in [0, 0.1) is 0 Å². The standard InChI is InChI=1S/C11H22N2O3/c1-11(12-2,8-9(14)15)10(16)13-6-4-3-5-7-13/h10,12,16H,3-8H2,1-2H3,(H,14,15). The van der Waals surface area contributed by atoms with Crippen LogP contribution >= 0.6 is 0 Å². The van der Waals surface area contributed by atoms with Crippen molar-refractivity contribution in [1.82, 2.24) is 10.2 Å². The molecule has 0 amide bonds. The number of hydrogen-bond acceptors (Lipinski definition) is 4. The molecule has 1 aliphatic rings. The molecule has 1 saturated heterocycles. The summed E-state index contributed by atoms with van der Waals surface area (Å²) < 4.78 is 0. The normalized spacial score (nSPS) is 23.7. The predicted octanol–water partition coefficient (Wildman–Crippen LogP) is 0.243. The molecule has 0 aliphatic carbocycles. The van der Waals surface area contributed by atoms with Crippen LogP contribution < -0.4 is 5.32 Å². The van der Waals surface area contributed by atoms with Crippen LogP contribution in [0.15, 0.2) is 0 Å². The Bertz CT molecular complexity index is 241. The number of carboxylic acid groups (broad SMARTS) is 1. The summed E-state index contributed by atoms with van der Waals surface area (Å²) in [5.74, 6) is -0.895. The molecule has 0 aromatic rings. The van der Waals surface area contributed by atoms with Crippen LogP contribution in [0.5, 0.6) is 0 Å². The van der Waals surface area contributed by atoms with E-state index in [1.807, 2.05) is 4.90 Å². The zero-order valence-electron chi connectivity index (χ0n) is 10.1. The number of likely N-dealkylation sites (tertiary alicyclic amines) is 1. The van der Waals surface area contributed by atoms with E-state index in [1.54, 1.807) is 14.0 Å². The fourth-order valence-electron chi connectivity index (χ4n) is 2.19. The van der Waals surface area contributed by atoms with Crippen LogP contribution in [0.2, 0.25) is 0 Å². The molecule has 1 rings (SSSR count). The highest BCUT2D eigenvalue weighted by Gasteiger charge is 2.37. The SMILES string of the molecule is CNC(C)(CC(=O)O)C(O)N1CCCCC1. The van der Waals surface area contributed by atoms with Crippen molar-refractivity contribution in [2.75, 3.05) is 20.1 Å². The monoisotopic (exact) mass is 230 g/mol. The molecule has 0 bridgehead atoms. The van der Waals surface area contributed by atoms with E-state index in [-0.39, 0.29) is 6.42 Å². The molecule has 5 heteroatoms. The molecule has 5 nitrogen and oxygen atoms in total. The molecule has 2 unspecified atom stereocenters. The maximum absolute atomic E-state index is 10.8. The number of nitrogens with zero attached hydrogens (tertiary/aromatic N) is 1. The lowest BCUT2D eigenvalue weighted by Crippen LogP contribution is -2.59. The molecule has 0 saturated carbocycles. The lowest BCUT2D eigenvalue weighted by Gasteiger charge is -2.41. The molecule has 1 fully saturated rings. The molecule has 3 N–H and O–H groups in total. The van der Waals surface area contributed by atoms with Crippen molar-refractivity contribution in [2.45, 2.75) is 44.4 Å². The Morgan fingerprint density at radius 2 is 2.00 bits per heavy atom. The van der Waals surface area contributed by atoms with Gasteiger partial charge in [0.25, 0.3) is 0 Å². The van der Waals surface area contributed by atoms with Gasteiger partial charge in [-0.15, -0.1) is 0 Å². The third-order valence-electron chi connectivity index (χ3n) is 3.40. The van der Waals surface area contributed by atoms with E-state index >= 15 is 0 Å². The minimum atomic E-state index is -0.895. The Hall–Kier alpha value is -0.650. The van der Waals surface area contributed by atoms with E-state index in [0.717, 1.165) is 25.9 Å². The number of carbonyl (C=O) groups is 1. The Balaban J connectivity index is 2.65. The van der Waals surface area contributed by atoms with Crippen LogP contribution in [-0.4, -0.2) is 53.0 Å². The van der Waals surface area contributed by atoms with Gasteiger partial charge in [0.05, 0.1) is 12.0 Å². The number of likely N-dealkylation sites (N-methyl/N-ethyl adjacent to an activating group) is 1. The fraction of sp³-hybridized carbons (Fsp3) is 0.909. The Morgan fingerprint density at radius 1 is 1.44 bits per heavy atom. The zero-order chi connectivity index (χ0) is 12.2. The van der Waals surface area contributed by atoms with Crippen LogP contribution in [0.3, 0.4) is 0 Å². The summed E-state index contributed by atoms with van der Waals surface area (Å²) in [5, 5.41) is 22.0. The third-order valence-corrected chi connectivity index (χ3v) is 3.40. The quantitative estimate of drug-likeness (QED) is 0.631. The molecule has 94 valence electrons. The second kappa shape index (κ2) is 5.61. The summed E-state index contributed by atoms with van der Waals surface area (Å²) in [6, 6.07) is 0. The van der Waals surface area contributed by atoms with Crippen molar-refractivity contribution in [3.8, 4) is 0 Å². The van der Waals surface area contributed by atoms with E-state index < -0.39 is 17.7 Å². The van der Waals surface area contributed by atoms with Crippen LogP contribution in [0.25, 0.3) is 0 Å². The van der Waals surface area contributed by atoms with E-state index in [4.69, 9.17) is 5.11 Å². The van der Waals surface area contributed by atoms with Gasteiger partial charge in [0, 0.05) is 13.1 Å². The van der Waals surface area contributed by atoms with Gasteiger partial charge in [0.15, 0.2) is 0 Å². The first-order valence-corrected chi connectivity index (χ1v) is 5.82. The maximum atomic E-state index is 10.8. The Morgan fingerprint density at radius 3 is 2.44 bits per heavy atom. The lowest BCUT2D eigenvalue weighted by molar-refractivity contribution is -0.143. The molecule has 0 radical (unpaired) electrons. The van der Waals surface area contributed by atoms with Gasteiger partial charge < -0.3 is 15.5 Å². The molecule has 0 aromatic carbocycles. The van der Waals surface area contributed by atoms with E-state index in [1.165, 1.54) is 6.42 Å². The highest BCUT2D eigenvalue weighted by atomic mass is 16.4. The zero-order valence-corrected chi connectivity index (χ0v) is 10.1. The van der Waals surface area contributed by atoms with E-state index in [9.17, 15) is 9.90 Å². The summed E-state index contributed by atoms with van der Waals surface area (Å²) in [7, 11) is 1.69. The van der Waals surface area contributed by atoms with Crippen molar-refractivity contribution >= 4 is 5.97 Å². The van der Waals surface area contributed by atoms with Gasteiger partial charge in [-0.05, 0) is 26.8 Å². The fourth-order valence-corrected chi connectivity index (χ4v) is 2.19. The van der Waals surface area contributed by atoms with E-state index in [2.05, 4.69) is 5.32 Å². The van der Waals surface area contributed by atoms with Crippen molar-refractivity contribution < 1.29 is 15.0 Å². The first-order chi connectivity index (χ1) is 7.49. The first kappa shape index (κ1) is 13.4. The van der Waals surface area contributed by atoms with Gasteiger partial charge in [-0.25, -0.2) is 0 Å². The van der Waals surface area contributed by atoms with Crippen molar-refractivity contribution in [3.05, 3.63) is 0 Å². The van der Waals surface area contributed by atoms with Crippen LogP contribution in [-0.2, 0) is 4.79 Å². The van der Waals surface area contributed by atoms with Gasteiger partial charge in [-0.2, -0.15) is 0 Å².